The van der Waals surface area contributed by atoms with Crippen molar-refractivity contribution in [1.29, 1.82) is 0 Å². The molecule has 4 heteroatoms. The van der Waals surface area contributed by atoms with Crippen molar-refractivity contribution >= 4 is 5.97 Å². The van der Waals surface area contributed by atoms with E-state index in [0.717, 1.165) is 13.0 Å². The maximum Gasteiger partial charge on any atom is 0.324 e. The molecule has 1 aromatic carbocycles. The molecule has 2 fully saturated rings. The second-order valence-electron chi connectivity index (χ2n) is 9.47. The Hall–Kier alpha value is -1.42. The van der Waals surface area contributed by atoms with Crippen LogP contribution in [-0.4, -0.2) is 35.1 Å². The van der Waals surface area contributed by atoms with Gasteiger partial charge in [0.2, 0.25) is 0 Å². The number of halogens is 1. The Kier molecular flexibility index (Phi) is 4.93. The van der Waals surface area contributed by atoms with Crippen molar-refractivity contribution in [3.63, 3.8) is 0 Å². The van der Waals surface area contributed by atoms with Gasteiger partial charge in [-0.25, -0.2) is 4.39 Å². The molecule has 0 unspecified atom stereocenters. The van der Waals surface area contributed by atoms with E-state index in [4.69, 9.17) is 4.74 Å². The number of hydrogen-bond acceptors (Lipinski definition) is 3. The third-order valence-corrected chi connectivity index (χ3v) is 5.72. The van der Waals surface area contributed by atoms with E-state index in [0.29, 0.717) is 17.4 Å². The van der Waals surface area contributed by atoms with Crippen molar-refractivity contribution in [3.05, 3.63) is 35.9 Å². The molecule has 144 valence electrons. The fourth-order valence-corrected chi connectivity index (χ4v) is 4.59. The van der Waals surface area contributed by atoms with Crippen LogP contribution in [0.15, 0.2) is 30.3 Å². The molecular formula is C22H32FNO2. The Balaban J connectivity index is 1.91. The smallest absolute Gasteiger partial charge is 0.324 e. The second kappa shape index (κ2) is 6.63. The molecule has 1 aliphatic carbocycles. The van der Waals surface area contributed by atoms with Gasteiger partial charge in [0.05, 0.1) is 6.04 Å². The minimum Gasteiger partial charge on any atom is -0.459 e. The summed E-state index contributed by atoms with van der Waals surface area (Å²) in [6.07, 6.45) is 1.06. The van der Waals surface area contributed by atoms with Crippen molar-refractivity contribution in [2.45, 2.75) is 71.3 Å². The van der Waals surface area contributed by atoms with Crippen LogP contribution in [0.25, 0.3) is 0 Å². The molecule has 0 N–H and O–H groups in total. The molecule has 3 nitrogen and oxygen atoms in total. The molecular weight excluding hydrogens is 329 g/mol. The maximum absolute atomic E-state index is 16.1. The van der Waals surface area contributed by atoms with Gasteiger partial charge in [-0.15, -0.1) is 0 Å². The van der Waals surface area contributed by atoms with Crippen LogP contribution >= 0.6 is 0 Å². The van der Waals surface area contributed by atoms with Crippen LogP contribution in [0.4, 0.5) is 4.39 Å². The summed E-state index contributed by atoms with van der Waals surface area (Å²) in [7, 11) is 0. The summed E-state index contributed by atoms with van der Waals surface area (Å²) in [4.78, 5) is 15.0. The topological polar surface area (TPSA) is 29.5 Å². The number of hydrogen-bond donors (Lipinski definition) is 0. The van der Waals surface area contributed by atoms with E-state index < -0.39 is 17.3 Å². The van der Waals surface area contributed by atoms with Gasteiger partial charge < -0.3 is 4.74 Å². The van der Waals surface area contributed by atoms with Gasteiger partial charge in [0.15, 0.2) is 0 Å². The number of piperidine rings is 1. The van der Waals surface area contributed by atoms with E-state index in [9.17, 15) is 4.79 Å². The first-order valence-corrected chi connectivity index (χ1v) is 9.75. The van der Waals surface area contributed by atoms with Gasteiger partial charge in [0, 0.05) is 6.54 Å². The number of carbonyl (C=O) groups excluding carboxylic acids is 1. The third kappa shape index (κ3) is 3.66. The van der Waals surface area contributed by atoms with E-state index in [1.54, 1.807) is 6.92 Å². The lowest BCUT2D eigenvalue weighted by Gasteiger charge is -2.42. The molecule has 2 aliphatic rings. The first kappa shape index (κ1) is 19.3. The molecule has 1 saturated carbocycles. The van der Waals surface area contributed by atoms with Gasteiger partial charge in [-0.2, -0.15) is 0 Å². The number of benzene rings is 1. The van der Waals surface area contributed by atoms with Crippen molar-refractivity contribution in [2.75, 3.05) is 6.54 Å². The molecule has 26 heavy (non-hydrogen) atoms. The zero-order valence-corrected chi connectivity index (χ0v) is 16.8. The molecule has 5 atom stereocenters. The number of rotatable bonds is 5. The monoisotopic (exact) mass is 361 g/mol. The van der Waals surface area contributed by atoms with Crippen molar-refractivity contribution in [2.24, 2.45) is 17.8 Å². The maximum atomic E-state index is 16.1. The molecule has 0 bridgehead atoms. The highest BCUT2D eigenvalue weighted by Crippen LogP contribution is 2.56. The average molecular weight is 362 g/mol. The van der Waals surface area contributed by atoms with Crippen molar-refractivity contribution in [3.8, 4) is 0 Å². The summed E-state index contributed by atoms with van der Waals surface area (Å²) in [5.74, 6) is 0.662. The lowest BCUT2D eigenvalue weighted by Crippen LogP contribution is -2.55. The Morgan fingerprint density at radius 3 is 2.35 bits per heavy atom. The van der Waals surface area contributed by atoms with E-state index in [1.807, 2.05) is 65.0 Å². The fourth-order valence-electron chi connectivity index (χ4n) is 4.59. The van der Waals surface area contributed by atoms with Gasteiger partial charge in [0.25, 0.3) is 0 Å². The molecule has 3 rings (SSSR count). The Morgan fingerprint density at radius 2 is 1.81 bits per heavy atom. The van der Waals surface area contributed by atoms with Crippen LogP contribution in [0.5, 0.6) is 0 Å². The minimum absolute atomic E-state index is 0.0661. The quantitative estimate of drug-likeness (QED) is 0.720. The molecule has 0 aromatic heterocycles. The van der Waals surface area contributed by atoms with Crippen molar-refractivity contribution < 1.29 is 13.9 Å². The van der Waals surface area contributed by atoms with Gasteiger partial charge in [0.1, 0.15) is 17.3 Å². The first-order chi connectivity index (χ1) is 12.0. The van der Waals surface area contributed by atoms with E-state index in [2.05, 4.69) is 4.90 Å². The third-order valence-electron chi connectivity index (χ3n) is 5.72. The van der Waals surface area contributed by atoms with Gasteiger partial charge in [-0.3, -0.25) is 9.69 Å². The van der Waals surface area contributed by atoms with E-state index >= 15 is 4.39 Å². The summed E-state index contributed by atoms with van der Waals surface area (Å²) >= 11 is 0. The Morgan fingerprint density at radius 1 is 1.19 bits per heavy atom. The van der Waals surface area contributed by atoms with E-state index in [1.165, 1.54) is 0 Å². The summed E-state index contributed by atoms with van der Waals surface area (Å²) in [6.45, 7) is 12.1. The number of esters is 1. The fraction of sp³-hybridized carbons (Fsp3) is 0.682. The Bertz CT molecular complexity index is 650. The number of ether oxygens (including phenoxy) is 1. The highest BCUT2D eigenvalue weighted by Gasteiger charge is 2.62. The summed E-state index contributed by atoms with van der Waals surface area (Å²) in [5.41, 5.74) is -1.35. The van der Waals surface area contributed by atoms with Crippen LogP contribution in [0, 0.1) is 17.8 Å². The summed E-state index contributed by atoms with van der Waals surface area (Å²) in [5, 5.41) is 0. The van der Waals surface area contributed by atoms with Crippen LogP contribution in [0.1, 0.15) is 53.5 Å². The van der Waals surface area contributed by atoms with Gasteiger partial charge in [-0.1, -0.05) is 44.2 Å². The number of likely N-dealkylation sites (tertiary alicyclic amines) is 1. The number of nitrogens with zero attached hydrogens (tertiary/aromatic N) is 1. The number of carbonyl (C=O) groups is 1. The molecule has 1 heterocycles. The first-order valence-electron chi connectivity index (χ1n) is 9.75. The highest BCUT2D eigenvalue weighted by molar-refractivity contribution is 5.76. The largest absolute Gasteiger partial charge is 0.459 e. The molecule has 0 radical (unpaired) electrons. The molecule has 0 amide bonds. The number of alkyl halides is 1. The van der Waals surface area contributed by atoms with Gasteiger partial charge >= 0.3 is 5.97 Å². The average Bonchev–Trinajstić information content (AvgIpc) is 3.16. The lowest BCUT2D eigenvalue weighted by molar-refractivity contribution is -0.165. The zero-order chi connectivity index (χ0) is 19.3. The van der Waals surface area contributed by atoms with Crippen LogP contribution in [-0.2, 0) is 15.2 Å². The zero-order valence-electron chi connectivity index (χ0n) is 16.8. The van der Waals surface area contributed by atoms with Crippen LogP contribution < -0.4 is 0 Å². The number of fused-ring (bicyclic) bond motifs is 1. The summed E-state index contributed by atoms with van der Waals surface area (Å²) < 4.78 is 21.8. The SMILES string of the molecule is CC(C)[C@@H](C(=O)OC(C)(C)C)N1C[C@@H]2C[C@@H]2[C@@H]1[C@](C)(F)c1ccccc1. The van der Waals surface area contributed by atoms with Gasteiger partial charge in [-0.05, 0) is 57.4 Å². The molecule has 0 spiro atoms. The molecule has 1 saturated heterocycles. The predicted octanol–water partition coefficient (Wildman–Crippen LogP) is 4.56. The highest BCUT2D eigenvalue weighted by atomic mass is 19.1. The molecule has 1 aromatic rings. The summed E-state index contributed by atoms with van der Waals surface area (Å²) in [6, 6.07) is 8.68. The standard InChI is InChI=1S/C22H32FNO2/c1-14(2)18(20(25)26-21(3,4)5)24-13-15-12-17(15)19(24)22(6,23)16-10-8-7-9-11-16/h7-11,14-15,17-19H,12-13H2,1-6H3/t15-,17-,18-,19+,22+/m0/s1. The van der Waals surface area contributed by atoms with Crippen LogP contribution in [0.3, 0.4) is 0 Å². The predicted molar refractivity (Wildman–Crippen MR) is 101 cm³/mol. The minimum atomic E-state index is -1.49. The second-order valence-corrected chi connectivity index (χ2v) is 9.47. The van der Waals surface area contributed by atoms with Crippen molar-refractivity contribution in [1.82, 2.24) is 4.90 Å². The van der Waals surface area contributed by atoms with Crippen LogP contribution in [0.2, 0.25) is 0 Å². The lowest BCUT2D eigenvalue weighted by atomic mass is 9.85. The normalized spacial score (nSPS) is 29.2. The van der Waals surface area contributed by atoms with E-state index in [-0.39, 0.29) is 17.9 Å². The molecule has 1 aliphatic heterocycles. The Labute approximate surface area is 156 Å².